The van der Waals surface area contributed by atoms with Crippen LogP contribution in [-0.4, -0.2) is 51.1 Å². The van der Waals surface area contributed by atoms with Gasteiger partial charge in [-0.15, -0.1) is 13.2 Å². The average Bonchev–Trinajstić information content (AvgIpc) is 3.15. The number of nitrogens with one attached hydrogen (secondary N) is 1. The molecule has 0 bridgehead atoms. The molecule has 0 radical (unpaired) electrons. The highest BCUT2D eigenvalue weighted by Gasteiger charge is 2.31. The molecule has 4 aromatic rings. The number of fused-ring (bicyclic) bond motifs is 1. The quantitative estimate of drug-likeness (QED) is 0.433. The fourth-order valence-corrected chi connectivity index (χ4v) is 3.98. The molecule has 0 saturated carbocycles. The second-order valence-electron chi connectivity index (χ2n) is 8.16. The van der Waals surface area contributed by atoms with E-state index < -0.39 is 12.3 Å². The Kier molecular flexibility index (Phi) is 5.77. The first-order valence-corrected chi connectivity index (χ1v) is 10.7. The molecular formula is C24H20F3N5O3. The Morgan fingerprint density at radius 1 is 1.14 bits per heavy atom. The van der Waals surface area contributed by atoms with Crippen molar-refractivity contribution in [1.82, 2.24) is 14.5 Å². The second kappa shape index (κ2) is 8.91. The summed E-state index contributed by atoms with van der Waals surface area (Å²) in [5.74, 6) is -0.0349. The van der Waals surface area contributed by atoms with Gasteiger partial charge in [0.25, 0.3) is 5.91 Å². The van der Waals surface area contributed by atoms with E-state index in [1.54, 1.807) is 47.3 Å². The lowest BCUT2D eigenvalue weighted by atomic mass is 10.2. The number of carbonyl (C=O) groups is 1. The van der Waals surface area contributed by atoms with Crippen LogP contribution in [0.1, 0.15) is 16.1 Å². The van der Waals surface area contributed by atoms with E-state index in [4.69, 9.17) is 0 Å². The SMILES string of the molecule is O=C(Nc1ccc(N2CC(O)C2)nc1)c1cc2cnccc2n1Cc1cccc(OC(F)(F)F)c1. The maximum absolute atomic E-state index is 13.2. The third-order valence-electron chi connectivity index (χ3n) is 5.60. The van der Waals surface area contributed by atoms with Crippen molar-refractivity contribution < 1.29 is 27.8 Å². The van der Waals surface area contributed by atoms with Crippen molar-refractivity contribution in [2.45, 2.75) is 19.0 Å². The Bertz CT molecular complexity index is 1370. The number of rotatable bonds is 6. The number of amides is 1. The molecule has 35 heavy (non-hydrogen) atoms. The molecule has 0 atom stereocenters. The highest BCUT2D eigenvalue weighted by molar-refractivity contribution is 6.06. The van der Waals surface area contributed by atoms with Crippen molar-refractivity contribution in [2.75, 3.05) is 23.3 Å². The van der Waals surface area contributed by atoms with Gasteiger partial charge in [-0.25, -0.2) is 4.98 Å². The minimum Gasteiger partial charge on any atom is -0.406 e. The Morgan fingerprint density at radius 2 is 1.97 bits per heavy atom. The summed E-state index contributed by atoms with van der Waals surface area (Å²) in [6, 6.07) is 12.5. The number of alkyl halides is 3. The fourth-order valence-electron chi connectivity index (χ4n) is 3.98. The molecule has 8 nitrogen and oxygen atoms in total. The van der Waals surface area contributed by atoms with Crippen LogP contribution < -0.4 is 15.0 Å². The van der Waals surface area contributed by atoms with Crippen molar-refractivity contribution in [1.29, 1.82) is 0 Å². The van der Waals surface area contributed by atoms with E-state index in [1.165, 1.54) is 24.4 Å². The van der Waals surface area contributed by atoms with Gasteiger partial charge in [0.1, 0.15) is 17.3 Å². The molecule has 2 N–H and O–H groups in total. The zero-order valence-electron chi connectivity index (χ0n) is 18.2. The van der Waals surface area contributed by atoms with Crippen LogP contribution >= 0.6 is 0 Å². The van der Waals surface area contributed by atoms with Crippen molar-refractivity contribution in [3.63, 3.8) is 0 Å². The number of aliphatic hydroxyl groups excluding tert-OH is 1. The van der Waals surface area contributed by atoms with Crippen molar-refractivity contribution in [3.05, 3.63) is 78.4 Å². The zero-order chi connectivity index (χ0) is 24.6. The Labute approximate surface area is 197 Å². The van der Waals surface area contributed by atoms with Gasteiger partial charge in [0.2, 0.25) is 0 Å². The fraction of sp³-hybridized carbons (Fsp3) is 0.208. The summed E-state index contributed by atoms with van der Waals surface area (Å²) in [7, 11) is 0. The monoisotopic (exact) mass is 483 g/mol. The number of ether oxygens (including phenoxy) is 1. The van der Waals surface area contributed by atoms with Crippen LogP contribution in [0.3, 0.4) is 0 Å². The van der Waals surface area contributed by atoms with E-state index in [0.29, 0.717) is 46.8 Å². The summed E-state index contributed by atoms with van der Waals surface area (Å²) in [4.78, 5) is 23.5. The second-order valence-corrected chi connectivity index (χ2v) is 8.16. The predicted molar refractivity (Wildman–Crippen MR) is 122 cm³/mol. The van der Waals surface area contributed by atoms with Crippen molar-refractivity contribution >= 4 is 28.3 Å². The van der Waals surface area contributed by atoms with Crippen LogP contribution in [0.2, 0.25) is 0 Å². The summed E-state index contributed by atoms with van der Waals surface area (Å²) >= 11 is 0. The Balaban J connectivity index is 1.40. The molecule has 0 unspecified atom stereocenters. The molecule has 180 valence electrons. The molecule has 4 heterocycles. The molecule has 1 fully saturated rings. The maximum Gasteiger partial charge on any atom is 0.573 e. The van der Waals surface area contributed by atoms with Gasteiger partial charge in [0.05, 0.1) is 23.5 Å². The summed E-state index contributed by atoms with van der Waals surface area (Å²) in [5, 5.41) is 13.0. The van der Waals surface area contributed by atoms with Gasteiger partial charge in [0.15, 0.2) is 0 Å². The molecule has 1 aromatic carbocycles. The minimum atomic E-state index is -4.80. The topological polar surface area (TPSA) is 92.5 Å². The molecule has 1 amide bonds. The minimum absolute atomic E-state index is 0.139. The molecule has 0 aliphatic carbocycles. The van der Waals surface area contributed by atoms with Crippen molar-refractivity contribution in [2.24, 2.45) is 0 Å². The summed E-state index contributed by atoms with van der Waals surface area (Å²) in [6.07, 6.45) is -0.421. The molecule has 0 spiro atoms. The first-order chi connectivity index (χ1) is 16.7. The molecular weight excluding hydrogens is 463 g/mol. The number of β-amino-alcohol motifs (C(OH)–C–C–N with tert-alkyl or cyclic N) is 1. The van der Waals surface area contributed by atoms with Crippen LogP contribution in [0.25, 0.3) is 10.9 Å². The Hall–Kier alpha value is -4.12. The molecule has 1 aliphatic rings. The highest BCUT2D eigenvalue weighted by atomic mass is 19.4. The number of hydrogen-bond donors (Lipinski definition) is 2. The van der Waals surface area contributed by atoms with Crippen LogP contribution in [0.5, 0.6) is 5.75 Å². The van der Waals surface area contributed by atoms with E-state index in [9.17, 15) is 23.1 Å². The average molecular weight is 483 g/mol. The molecule has 3 aromatic heterocycles. The highest BCUT2D eigenvalue weighted by Crippen LogP contribution is 2.26. The van der Waals surface area contributed by atoms with Crippen molar-refractivity contribution in [3.8, 4) is 5.75 Å². The molecule has 11 heteroatoms. The number of benzene rings is 1. The first kappa shape index (κ1) is 22.7. The number of aromatic nitrogens is 3. The number of carbonyl (C=O) groups excluding carboxylic acids is 1. The molecule has 1 aliphatic heterocycles. The lowest BCUT2D eigenvalue weighted by Gasteiger charge is -2.36. The molecule has 5 rings (SSSR count). The lowest BCUT2D eigenvalue weighted by Crippen LogP contribution is -2.51. The summed E-state index contributed by atoms with van der Waals surface area (Å²) in [5.41, 5.74) is 2.02. The van der Waals surface area contributed by atoms with E-state index in [0.717, 1.165) is 0 Å². The third-order valence-corrected chi connectivity index (χ3v) is 5.60. The van der Waals surface area contributed by atoms with Crippen LogP contribution in [0.4, 0.5) is 24.7 Å². The number of nitrogens with zero attached hydrogens (tertiary/aromatic N) is 4. The standard InChI is InChI=1S/C24H20F3N5O3/c25-24(26,27)35-19-3-1-2-15(8-19)12-32-20-6-7-28-10-16(20)9-21(32)23(34)30-17-4-5-22(29-11-17)31-13-18(33)14-31/h1-11,18,33H,12-14H2,(H,30,34). The van der Waals surface area contributed by atoms with E-state index in [-0.39, 0.29) is 18.4 Å². The van der Waals surface area contributed by atoms with E-state index in [2.05, 4.69) is 20.0 Å². The van der Waals surface area contributed by atoms with Gasteiger partial charge >= 0.3 is 6.36 Å². The van der Waals surface area contributed by atoms with Gasteiger partial charge in [-0.2, -0.15) is 0 Å². The lowest BCUT2D eigenvalue weighted by molar-refractivity contribution is -0.274. The Morgan fingerprint density at radius 3 is 2.69 bits per heavy atom. The van der Waals surface area contributed by atoms with Gasteiger partial charge in [-0.1, -0.05) is 12.1 Å². The number of halogens is 3. The van der Waals surface area contributed by atoms with Gasteiger partial charge in [0, 0.05) is 37.4 Å². The summed E-state index contributed by atoms with van der Waals surface area (Å²) < 4.78 is 43.7. The normalized spacial score (nSPS) is 14.1. The number of aliphatic hydroxyl groups is 1. The van der Waals surface area contributed by atoms with Crippen LogP contribution in [-0.2, 0) is 6.54 Å². The molecule has 1 saturated heterocycles. The maximum atomic E-state index is 13.2. The number of pyridine rings is 2. The van der Waals surface area contributed by atoms with E-state index >= 15 is 0 Å². The predicted octanol–water partition coefficient (Wildman–Crippen LogP) is 3.81. The third kappa shape index (κ3) is 5.04. The van der Waals surface area contributed by atoms with Gasteiger partial charge in [-0.05, 0) is 42.0 Å². The zero-order valence-corrected chi connectivity index (χ0v) is 18.2. The number of hydrogen-bond acceptors (Lipinski definition) is 6. The van der Waals surface area contributed by atoms with Crippen LogP contribution in [0.15, 0.2) is 67.1 Å². The summed E-state index contributed by atoms with van der Waals surface area (Å²) in [6.45, 7) is 1.17. The van der Waals surface area contributed by atoms with Gasteiger partial charge in [-0.3, -0.25) is 9.78 Å². The van der Waals surface area contributed by atoms with Crippen LogP contribution in [0, 0.1) is 0 Å². The first-order valence-electron chi connectivity index (χ1n) is 10.7. The van der Waals surface area contributed by atoms with Gasteiger partial charge < -0.3 is 24.6 Å². The smallest absolute Gasteiger partial charge is 0.406 e. The van der Waals surface area contributed by atoms with E-state index in [1.807, 2.05) is 4.90 Å². The largest absolute Gasteiger partial charge is 0.573 e. The number of anilines is 2.